The van der Waals surface area contributed by atoms with Crippen LogP contribution < -0.4 is 10.1 Å². The van der Waals surface area contributed by atoms with Crippen LogP contribution in [0, 0.1) is 6.92 Å². The zero-order valence-electron chi connectivity index (χ0n) is 14.3. The molecule has 0 unspecified atom stereocenters. The number of aryl methyl sites for hydroxylation is 1. The third-order valence-electron chi connectivity index (χ3n) is 4.14. The lowest BCUT2D eigenvalue weighted by Crippen LogP contribution is -1.96. The molecule has 4 rings (SSSR count). The van der Waals surface area contributed by atoms with E-state index >= 15 is 0 Å². The van der Waals surface area contributed by atoms with Gasteiger partial charge in [0.05, 0.1) is 17.5 Å². The fourth-order valence-corrected chi connectivity index (χ4v) is 4.24. The molecule has 0 spiro atoms. The third kappa shape index (κ3) is 3.00. The predicted octanol–water partition coefficient (Wildman–Crippen LogP) is 6.07. The summed E-state index contributed by atoms with van der Waals surface area (Å²) in [5.74, 6) is 1.40. The number of thiophene rings is 1. The first-order chi connectivity index (χ1) is 12.7. The topological polar surface area (TPSA) is 47.0 Å². The highest BCUT2D eigenvalue weighted by Crippen LogP contribution is 2.41. The first kappa shape index (κ1) is 16.8. The van der Waals surface area contributed by atoms with E-state index in [4.69, 9.17) is 16.3 Å². The van der Waals surface area contributed by atoms with Gasteiger partial charge in [0.2, 0.25) is 0 Å². The number of halogens is 1. The number of nitrogens with zero attached hydrogens (tertiary/aromatic N) is 2. The molecular formula is C20H16ClN3OS. The third-order valence-corrected chi connectivity index (χ3v) is 5.45. The Morgan fingerprint density at radius 1 is 1.08 bits per heavy atom. The summed E-state index contributed by atoms with van der Waals surface area (Å²) >= 11 is 7.92. The number of fused-ring (bicyclic) bond motifs is 1. The minimum absolute atomic E-state index is 0.549. The van der Waals surface area contributed by atoms with Crippen molar-refractivity contribution in [2.75, 3.05) is 12.4 Å². The number of rotatable bonds is 4. The van der Waals surface area contributed by atoms with E-state index in [1.807, 2.05) is 36.4 Å². The van der Waals surface area contributed by atoms with E-state index in [-0.39, 0.29) is 0 Å². The zero-order valence-corrected chi connectivity index (χ0v) is 15.9. The summed E-state index contributed by atoms with van der Waals surface area (Å²) in [4.78, 5) is 11.1. The van der Waals surface area contributed by atoms with Crippen LogP contribution in [0.5, 0.6) is 5.75 Å². The summed E-state index contributed by atoms with van der Waals surface area (Å²) in [6.45, 7) is 2.11. The van der Waals surface area contributed by atoms with Gasteiger partial charge in [0.1, 0.15) is 22.7 Å². The van der Waals surface area contributed by atoms with E-state index < -0.39 is 0 Å². The highest BCUT2D eigenvalue weighted by molar-refractivity contribution is 7.19. The van der Waals surface area contributed by atoms with Crippen LogP contribution in [-0.4, -0.2) is 17.1 Å². The summed E-state index contributed by atoms with van der Waals surface area (Å²) in [5.41, 5.74) is 3.16. The minimum Gasteiger partial charge on any atom is -0.495 e. The lowest BCUT2D eigenvalue weighted by molar-refractivity contribution is 0.415. The van der Waals surface area contributed by atoms with Gasteiger partial charge in [-0.25, -0.2) is 9.97 Å². The average molecular weight is 382 g/mol. The van der Waals surface area contributed by atoms with Crippen LogP contribution >= 0.6 is 22.9 Å². The molecule has 0 aliphatic carbocycles. The molecular weight excluding hydrogens is 366 g/mol. The molecule has 2 aromatic heterocycles. The number of hydrogen-bond acceptors (Lipinski definition) is 5. The molecule has 2 heterocycles. The molecule has 0 radical (unpaired) electrons. The second kappa shape index (κ2) is 6.94. The predicted molar refractivity (Wildman–Crippen MR) is 109 cm³/mol. The van der Waals surface area contributed by atoms with Gasteiger partial charge in [-0.3, -0.25) is 0 Å². The molecule has 0 amide bonds. The molecule has 0 fully saturated rings. The van der Waals surface area contributed by atoms with Crippen LogP contribution in [0.2, 0.25) is 5.02 Å². The van der Waals surface area contributed by atoms with Crippen molar-refractivity contribution in [3.8, 4) is 16.9 Å². The van der Waals surface area contributed by atoms with E-state index in [0.717, 1.165) is 32.8 Å². The Labute approximate surface area is 160 Å². The number of hydrogen-bond donors (Lipinski definition) is 1. The summed E-state index contributed by atoms with van der Waals surface area (Å²) in [6, 6.07) is 15.9. The monoisotopic (exact) mass is 381 g/mol. The highest BCUT2D eigenvalue weighted by atomic mass is 35.5. The van der Waals surface area contributed by atoms with Crippen molar-refractivity contribution in [1.82, 2.24) is 9.97 Å². The Hall–Kier alpha value is -2.63. The van der Waals surface area contributed by atoms with Gasteiger partial charge in [0, 0.05) is 16.1 Å². The Balaban J connectivity index is 1.84. The zero-order chi connectivity index (χ0) is 18.1. The maximum absolute atomic E-state index is 6.25. The van der Waals surface area contributed by atoms with Gasteiger partial charge < -0.3 is 10.1 Å². The van der Waals surface area contributed by atoms with Gasteiger partial charge in [0.25, 0.3) is 0 Å². The number of methoxy groups -OCH3 is 1. The van der Waals surface area contributed by atoms with Crippen LogP contribution in [0.15, 0.2) is 54.9 Å². The average Bonchev–Trinajstić information content (AvgIpc) is 2.99. The van der Waals surface area contributed by atoms with Gasteiger partial charge in [-0.2, -0.15) is 0 Å². The number of anilines is 2. The van der Waals surface area contributed by atoms with Crippen LogP contribution in [-0.2, 0) is 0 Å². The van der Waals surface area contributed by atoms with Gasteiger partial charge in [-0.1, -0.05) is 41.9 Å². The molecule has 4 aromatic rings. The van der Waals surface area contributed by atoms with Crippen molar-refractivity contribution in [3.05, 3.63) is 64.8 Å². The van der Waals surface area contributed by atoms with Crippen molar-refractivity contribution >= 4 is 44.7 Å². The lowest BCUT2D eigenvalue weighted by atomic mass is 10.0. The summed E-state index contributed by atoms with van der Waals surface area (Å²) in [5, 5.41) is 4.95. The molecule has 1 N–H and O–H groups in total. The van der Waals surface area contributed by atoms with Crippen LogP contribution in [0.25, 0.3) is 21.3 Å². The second-order valence-electron chi connectivity index (χ2n) is 5.78. The van der Waals surface area contributed by atoms with E-state index in [2.05, 4.69) is 34.3 Å². The molecule has 0 aliphatic rings. The molecule has 0 bridgehead atoms. The molecule has 0 saturated heterocycles. The van der Waals surface area contributed by atoms with Gasteiger partial charge in [0.15, 0.2) is 0 Å². The van der Waals surface area contributed by atoms with Crippen LogP contribution in [0.4, 0.5) is 11.5 Å². The summed E-state index contributed by atoms with van der Waals surface area (Å²) < 4.78 is 5.22. The first-order valence-electron chi connectivity index (χ1n) is 8.07. The van der Waals surface area contributed by atoms with E-state index in [1.54, 1.807) is 24.8 Å². The number of benzene rings is 2. The number of aromatic nitrogens is 2. The first-order valence-corrected chi connectivity index (χ1v) is 9.27. The van der Waals surface area contributed by atoms with Crippen molar-refractivity contribution < 1.29 is 4.74 Å². The SMILES string of the molecule is COc1ccc(Nc2ncnc3sc(C)c(-c4ccccc4)c23)cc1Cl. The Bertz CT molecular complexity index is 1080. The van der Waals surface area contributed by atoms with Crippen LogP contribution in [0.3, 0.4) is 0 Å². The van der Waals surface area contributed by atoms with Gasteiger partial charge >= 0.3 is 0 Å². The normalized spacial score (nSPS) is 10.9. The fraction of sp³-hybridized carbons (Fsp3) is 0.100. The molecule has 0 atom stereocenters. The highest BCUT2D eigenvalue weighted by Gasteiger charge is 2.17. The Morgan fingerprint density at radius 3 is 2.62 bits per heavy atom. The molecule has 2 aromatic carbocycles. The molecule has 4 nitrogen and oxygen atoms in total. The molecule has 0 saturated carbocycles. The Morgan fingerprint density at radius 2 is 1.88 bits per heavy atom. The second-order valence-corrected chi connectivity index (χ2v) is 7.39. The molecule has 130 valence electrons. The fourth-order valence-electron chi connectivity index (χ4n) is 2.97. The smallest absolute Gasteiger partial charge is 0.143 e. The van der Waals surface area contributed by atoms with Crippen molar-refractivity contribution in [2.24, 2.45) is 0 Å². The van der Waals surface area contributed by atoms with E-state index in [0.29, 0.717) is 10.8 Å². The standard InChI is InChI=1S/C20H16ClN3OS/c1-12-17(13-6-4-3-5-7-13)18-19(22-11-23-20(18)26-12)24-14-8-9-16(25-2)15(21)10-14/h3-11H,1-2H3,(H,22,23,24). The lowest BCUT2D eigenvalue weighted by Gasteiger charge is -2.10. The van der Waals surface area contributed by atoms with E-state index in [1.165, 1.54) is 4.88 Å². The molecule has 0 aliphatic heterocycles. The minimum atomic E-state index is 0.549. The van der Waals surface area contributed by atoms with Gasteiger partial charge in [-0.05, 0) is 30.7 Å². The quantitative estimate of drug-likeness (QED) is 0.466. The Kier molecular flexibility index (Phi) is 4.49. The largest absolute Gasteiger partial charge is 0.495 e. The van der Waals surface area contributed by atoms with Crippen molar-refractivity contribution in [2.45, 2.75) is 6.92 Å². The number of ether oxygens (including phenoxy) is 1. The number of nitrogens with one attached hydrogen (secondary N) is 1. The van der Waals surface area contributed by atoms with Crippen molar-refractivity contribution in [3.63, 3.8) is 0 Å². The summed E-state index contributed by atoms with van der Waals surface area (Å²) in [6.07, 6.45) is 1.58. The molecule has 26 heavy (non-hydrogen) atoms. The maximum Gasteiger partial charge on any atom is 0.143 e. The van der Waals surface area contributed by atoms with Gasteiger partial charge in [-0.15, -0.1) is 11.3 Å². The molecule has 6 heteroatoms. The van der Waals surface area contributed by atoms with Crippen molar-refractivity contribution in [1.29, 1.82) is 0 Å². The summed E-state index contributed by atoms with van der Waals surface area (Å²) in [7, 11) is 1.60. The van der Waals surface area contributed by atoms with E-state index in [9.17, 15) is 0 Å². The van der Waals surface area contributed by atoms with Crippen LogP contribution in [0.1, 0.15) is 4.88 Å². The maximum atomic E-state index is 6.25.